The maximum atomic E-state index is 11.9. The Bertz CT molecular complexity index is 495. The third-order valence-corrected chi connectivity index (χ3v) is 3.87. The summed E-state index contributed by atoms with van der Waals surface area (Å²) < 4.78 is 0. The number of unbranched alkanes of at least 4 members (excludes halogenated alkanes) is 4. The molecule has 1 aliphatic rings. The number of rotatable bonds is 11. The predicted molar refractivity (Wildman–Crippen MR) is 94.2 cm³/mol. The number of carboxylic acid groups (broad SMARTS) is 1. The summed E-state index contributed by atoms with van der Waals surface area (Å²) in [5, 5.41) is 8.57. The Labute approximate surface area is 139 Å². The van der Waals surface area contributed by atoms with E-state index >= 15 is 0 Å². The molecule has 0 saturated carbocycles. The van der Waals surface area contributed by atoms with Crippen LogP contribution in [0.1, 0.15) is 58.3 Å². The predicted octanol–water partition coefficient (Wildman–Crippen LogP) is 5.01. The van der Waals surface area contributed by atoms with E-state index in [-0.39, 0.29) is 18.1 Å². The zero-order valence-corrected chi connectivity index (χ0v) is 14.0. The van der Waals surface area contributed by atoms with E-state index < -0.39 is 5.97 Å². The average molecular weight is 316 g/mol. The SMILES string of the molecule is CCCCC/C=C\C[C@H]1C=CC(=O)/C1=C/C=C/CCCC(=O)O. The summed E-state index contributed by atoms with van der Waals surface area (Å²) in [4.78, 5) is 22.3. The van der Waals surface area contributed by atoms with Crippen molar-refractivity contribution in [2.24, 2.45) is 5.92 Å². The van der Waals surface area contributed by atoms with Gasteiger partial charge < -0.3 is 5.11 Å². The van der Waals surface area contributed by atoms with Gasteiger partial charge in [-0.1, -0.05) is 56.2 Å². The molecule has 23 heavy (non-hydrogen) atoms. The van der Waals surface area contributed by atoms with Gasteiger partial charge in [-0.05, 0) is 38.2 Å². The van der Waals surface area contributed by atoms with Crippen LogP contribution in [0.4, 0.5) is 0 Å². The van der Waals surface area contributed by atoms with Crippen LogP contribution in [0.2, 0.25) is 0 Å². The lowest BCUT2D eigenvalue weighted by Crippen LogP contribution is -2.01. The molecule has 126 valence electrons. The molecule has 1 aliphatic carbocycles. The number of carboxylic acids is 1. The molecule has 0 aromatic carbocycles. The zero-order valence-electron chi connectivity index (χ0n) is 14.0. The molecule has 0 fully saturated rings. The molecule has 0 spiro atoms. The van der Waals surface area contributed by atoms with E-state index in [1.54, 1.807) is 6.08 Å². The van der Waals surface area contributed by atoms with Crippen molar-refractivity contribution in [3.63, 3.8) is 0 Å². The Hall–Kier alpha value is -1.90. The molecule has 0 unspecified atom stereocenters. The van der Waals surface area contributed by atoms with Gasteiger partial charge in [-0.15, -0.1) is 0 Å². The normalized spacial score (nSPS) is 19.6. The van der Waals surface area contributed by atoms with Crippen molar-refractivity contribution < 1.29 is 14.7 Å². The number of carbonyl (C=O) groups excluding carboxylic acids is 1. The highest BCUT2D eigenvalue weighted by Gasteiger charge is 2.20. The van der Waals surface area contributed by atoms with Crippen molar-refractivity contribution >= 4 is 11.8 Å². The van der Waals surface area contributed by atoms with Crippen LogP contribution in [0.25, 0.3) is 0 Å². The molecule has 0 amide bonds. The Morgan fingerprint density at radius 2 is 1.96 bits per heavy atom. The van der Waals surface area contributed by atoms with E-state index in [0.29, 0.717) is 6.42 Å². The van der Waals surface area contributed by atoms with Crippen LogP contribution >= 0.6 is 0 Å². The Balaban J connectivity index is 2.39. The number of aliphatic carboxylic acids is 1. The third-order valence-electron chi connectivity index (χ3n) is 3.87. The molecule has 0 bridgehead atoms. The van der Waals surface area contributed by atoms with Gasteiger partial charge in [0.05, 0.1) is 0 Å². The van der Waals surface area contributed by atoms with Gasteiger partial charge >= 0.3 is 5.97 Å². The van der Waals surface area contributed by atoms with Crippen molar-refractivity contribution in [2.45, 2.75) is 58.3 Å². The number of allylic oxidation sites excluding steroid dienone is 8. The van der Waals surface area contributed by atoms with Crippen molar-refractivity contribution in [3.05, 3.63) is 48.1 Å². The Morgan fingerprint density at radius 1 is 1.17 bits per heavy atom. The third kappa shape index (κ3) is 8.34. The first-order chi connectivity index (χ1) is 11.1. The van der Waals surface area contributed by atoms with Crippen molar-refractivity contribution in [1.29, 1.82) is 0 Å². The summed E-state index contributed by atoms with van der Waals surface area (Å²) >= 11 is 0. The summed E-state index contributed by atoms with van der Waals surface area (Å²) in [5.74, 6) is -0.504. The maximum Gasteiger partial charge on any atom is 0.303 e. The molecular formula is C20H28O3. The number of ketones is 1. The highest BCUT2D eigenvalue weighted by atomic mass is 16.4. The minimum Gasteiger partial charge on any atom is -0.481 e. The summed E-state index contributed by atoms with van der Waals surface area (Å²) in [6.45, 7) is 2.20. The van der Waals surface area contributed by atoms with Crippen molar-refractivity contribution in [2.75, 3.05) is 0 Å². The topological polar surface area (TPSA) is 54.4 Å². The van der Waals surface area contributed by atoms with Crippen LogP contribution in [0.5, 0.6) is 0 Å². The molecule has 0 saturated heterocycles. The fraction of sp³-hybridized carbons (Fsp3) is 0.500. The Kier molecular flexibility index (Phi) is 9.69. The van der Waals surface area contributed by atoms with Gasteiger partial charge in [-0.25, -0.2) is 0 Å². The minimum atomic E-state index is -0.766. The summed E-state index contributed by atoms with van der Waals surface area (Å²) in [6.07, 6.45) is 20.9. The monoisotopic (exact) mass is 316 g/mol. The summed E-state index contributed by atoms with van der Waals surface area (Å²) in [7, 11) is 0. The van der Waals surface area contributed by atoms with E-state index in [9.17, 15) is 9.59 Å². The van der Waals surface area contributed by atoms with Gasteiger partial charge in [-0.2, -0.15) is 0 Å². The first kappa shape index (κ1) is 19.1. The molecule has 1 N–H and O–H groups in total. The lowest BCUT2D eigenvalue weighted by Gasteiger charge is -2.06. The van der Waals surface area contributed by atoms with Crippen LogP contribution in [-0.2, 0) is 9.59 Å². The van der Waals surface area contributed by atoms with Crippen LogP contribution in [-0.4, -0.2) is 16.9 Å². The lowest BCUT2D eigenvalue weighted by atomic mass is 9.97. The quantitative estimate of drug-likeness (QED) is 0.331. The highest BCUT2D eigenvalue weighted by molar-refractivity contribution is 6.07. The van der Waals surface area contributed by atoms with Gasteiger partial charge in [0, 0.05) is 17.9 Å². The molecule has 0 aliphatic heterocycles. The standard InChI is InChI=1S/C20H28O3/c1-2-3-4-5-6-9-12-17-15-16-19(21)18(17)13-10-7-8-11-14-20(22)23/h6-7,9-10,13,15-17H,2-5,8,11-12,14H2,1H3,(H,22,23)/b9-6-,10-7+,18-13+/t17-/m0/s1. The molecule has 3 heteroatoms. The van der Waals surface area contributed by atoms with E-state index in [4.69, 9.17) is 5.11 Å². The second kappa shape index (κ2) is 11.6. The first-order valence-electron chi connectivity index (χ1n) is 8.61. The van der Waals surface area contributed by atoms with E-state index in [2.05, 4.69) is 19.1 Å². The minimum absolute atomic E-state index is 0.0876. The van der Waals surface area contributed by atoms with Gasteiger partial charge in [0.25, 0.3) is 0 Å². The molecular weight excluding hydrogens is 288 g/mol. The van der Waals surface area contributed by atoms with E-state index in [1.807, 2.05) is 24.3 Å². The van der Waals surface area contributed by atoms with E-state index in [0.717, 1.165) is 24.8 Å². The lowest BCUT2D eigenvalue weighted by molar-refractivity contribution is -0.137. The first-order valence-corrected chi connectivity index (χ1v) is 8.61. The smallest absolute Gasteiger partial charge is 0.303 e. The molecule has 0 radical (unpaired) electrons. The van der Waals surface area contributed by atoms with Crippen LogP contribution in [0, 0.1) is 5.92 Å². The van der Waals surface area contributed by atoms with Crippen molar-refractivity contribution in [1.82, 2.24) is 0 Å². The van der Waals surface area contributed by atoms with Gasteiger partial charge in [0.1, 0.15) is 0 Å². The number of hydrogen-bond acceptors (Lipinski definition) is 2. The van der Waals surface area contributed by atoms with Crippen molar-refractivity contribution in [3.8, 4) is 0 Å². The average Bonchev–Trinajstić information content (AvgIpc) is 2.86. The van der Waals surface area contributed by atoms with Crippen LogP contribution < -0.4 is 0 Å². The fourth-order valence-corrected chi connectivity index (χ4v) is 2.51. The van der Waals surface area contributed by atoms with Gasteiger partial charge in [0.15, 0.2) is 5.78 Å². The van der Waals surface area contributed by atoms with Gasteiger partial charge in [0.2, 0.25) is 0 Å². The fourth-order valence-electron chi connectivity index (χ4n) is 2.51. The van der Waals surface area contributed by atoms with Gasteiger partial charge in [-0.3, -0.25) is 9.59 Å². The summed E-state index contributed by atoms with van der Waals surface area (Å²) in [5.41, 5.74) is 0.831. The Morgan fingerprint density at radius 3 is 2.70 bits per heavy atom. The number of hydrogen-bond donors (Lipinski definition) is 1. The largest absolute Gasteiger partial charge is 0.481 e. The number of carbonyl (C=O) groups is 2. The van der Waals surface area contributed by atoms with E-state index in [1.165, 1.54) is 19.3 Å². The molecule has 0 aromatic rings. The molecule has 1 rings (SSSR count). The second-order valence-corrected chi connectivity index (χ2v) is 5.87. The molecule has 1 atom stereocenters. The highest BCUT2D eigenvalue weighted by Crippen LogP contribution is 2.25. The summed E-state index contributed by atoms with van der Waals surface area (Å²) in [6, 6.07) is 0. The van der Waals surface area contributed by atoms with Crippen LogP contribution in [0.15, 0.2) is 48.1 Å². The van der Waals surface area contributed by atoms with Crippen LogP contribution in [0.3, 0.4) is 0 Å². The molecule has 3 nitrogen and oxygen atoms in total. The maximum absolute atomic E-state index is 11.9. The second-order valence-electron chi connectivity index (χ2n) is 5.87. The molecule has 0 aromatic heterocycles. The zero-order chi connectivity index (χ0) is 16.9. The molecule has 0 heterocycles.